The number of rotatable bonds is 7. The van der Waals surface area contributed by atoms with Crippen LogP contribution in [0.1, 0.15) is 26.0 Å². The Hall–Kier alpha value is -1.33. The van der Waals surface area contributed by atoms with Gasteiger partial charge in [-0.15, -0.1) is 0 Å². The fourth-order valence-electron chi connectivity index (χ4n) is 1.36. The van der Waals surface area contributed by atoms with Crippen molar-refractivity contribution in [1.29, 1.82) is 0 Å². The fraction of sp³-hybridized carbons (Fsp3) is 0.583. The smallest absolute Gasteiger partial charge is 0.336 e. The van der Waals surface area contributed by atoms with Crippen LogP contribution in [0.5, 0.6) is 0 Å². The van der Waals surface area contributed by atoms with E-state index < -0.39 is 11.6 Å². The molecule has 0 aliphatic rings. The van der Waals surface area contributed by atoms with E-state index in [0.717, 1.165) is 18.6 Å². The average Bonchev–Trinajstić information content (AvgIpc) is 2.76. The zero-order chi connectivity index (χ0) is 12.9. The molecule has 2 unspecified atom stereocenters. The number of carboxylic acid groups (broad SMARTS) is 1. The zero-order valence-electron chi connectivity index (χ0n) is 10.1. The summed E-state index contributed by atoms with van der Waals surface area (Å²) in [5.41, 5.74) is -1.72. The normalized spacial score (nSPS) is 16.4. The molecule has 0 aromatic carbocycles. The van der Waals surface area contributed by atoms with Crippen LogP contribution in [0.25, 0.3) is 0 Å². The maximum atomic E-state index is 10.7. The second-order valence-electron chi connectivity index (χ2n) is 4.48. The Morgan fingerprint density at radius 3 is 2.88 bits per heavy atom. The summed E-state index contributed by atoms with van der Waals surface area (Å²) in [5, 5.41) is 21.2. The topological polar surface area (TPSA) is 82.7 Å². The van der Waals surface area contributed by atoms with Gasteiger partial charge in [-0.3, -0.25) is 0 Å². The van der Waals surface area contributed by atoms with Gasteiger partial charge in [-0.25, -0.2) is 4.79 Å². The molecule has 0 aliphatic heterocycles. The molecule has 2 atom stereocenters. The summed E-state index contributed by atoms with van der Waals surface area (Å²) in [6.45, 7) is 3.25. The van der Waals surface area contributed by atoms with Crippen LogP contribution in [0.15, 0.2) is 22.8 Å². The number of carboxylic acids is 1. The molecule has 0 saturated carbocycles. The molecule has 3 N–H and O–H groups in total. The molecule has 1 aromatic heterocycles. The number of nitrogens with one attached hydrogen (secondary N) is 1. The molecule has 5 nitrogen and oxygen atoms in total. The fourth-order valence-corrected chi connectivity index (χ4v) is 1.36. The van der Waals surface area contributed by atoms with Crippen molar-refractivity contribution in [3.8, 4) is 0 Å². The Kier molecular flexibility index (Phi) is 4.72. The molecule has 0 amide bonds. The predicted molar refractivity (Wildman–Crippen MR) is 62.8 cm³/mol. The lowest BCUT2D eigenvalue weighted by Crippen LogP contribution is -2.47. The number of carbonyl (C=O) groups is 1. The van der Waals surface area contributed by atoms with Gasteiger partial charge in [0.05, 0.1) is 6.26 Å². The van der Waals surface area contributed by atoms with Gasteiger partial charge in [0.15, 0.2) is 5.60 Å². The van der Waals surface area contributed by atoms with Crippen LogP contribution in [-0.2, 0) is 11.2 Å². The average molecular weight is 241 g/mol. The number of aliphatic carboxylic acids is 1. The molecule has 1 heterocycles. The first-order chi connectivity index (χ1) is 7.92. The molecule has 0 bridgehead atoms. The molecule has 0 radical (unpaired) electrons. The van der Waals surface area contributed by atoms with Gasteiger partial charge in [0.1, 0.15) is 5.76 Å². The summed E-state index contributed by atoms with van der Waals surface area (Å²) in [6, 6.07) is 3.86. The van der Waals surface area contributed by atoms with Crippen molar-refractivity contribution in [3.05, 3.63) is 24.2 Å². The minimum atomic E-state index is -1.72. The number of aryl methyl sites for hydroxylation is 1. The highest BCUT2D eigenvalue weighted by atomic mass is 16.4. The minimum Gasteiger partial charge on any atom is -0.479 e. The van der Waals surface area contributed by atoms with Crippen molar-refractivity contribution >= 4 is 5.97 Å². The number of furan rings is 1. The molecule has 1 aromatic rings. The standard InChI is InChI=1S/C12H19NO4/c1-9(5-6-10-4-3-7-17-10)13-8-12(2,16)11(14)15/h3-4,7,9,13,16H,5-6,8H2,1-2H3,(H,14,15). The Morgan fingerprint density at radius 2 is 2.35 bits per heavy atom. The van der Waals surface area contributed by atoms with Gasteiger partial charge in [0, 0.05) is 19.0 Å². The van der Waals surface area contributed by atoms with Gasteiger partial charge in [0.25, 0.3) is 0 Å². The van der Waals surface area contributed by atoms with Crippen molar-refractivity contribution in [3.63, 3.8) is 0 Å². The third-order valence-electron chi connectivity index (χ3n) is 2.66. The Morgan fingerprint density at radius 1 is 1.65 bits per heavy atom. The maximum Gasteiger partial charge on any atom is 0.336 e. The van der Waals surface area contributed by atoms with Crippen molar-refractivity contribution in [2.75, 3.05) is 6.54 Å². The van der Waals surface area contributed by atoms with Crippen LogP contribution < -0.4 is 5.32 Å². The molecule has 0 fully saturated rings. The summed E-state index contributed by atoms with van der Waals surface area (Å²) in [6.07, 6.45) is 3.24. The lowest BCUT2D eigenvalue weighted by Gasteiger charge is -2.21. The summed E-state index contributed by atoms with van der Waals surface area (Å²) in [7, 11) is 0. The van der Waals surface area contributed by atoms with Gasteiger partial charge < -0.3 is 19.9 Å². The van der Waals surface area contributed by atoms with Crippen molar-refractivity contribution in [2.24, 2.45) is 0 Å². The van der Waals surface area contributed by atoms with E-state index in [1.54, 1.807) is 6.26 Å². The van der Waals surface area contributed by atoms with Crippen molar-refractivity contribution < 1.29 is 19.4 Å². The van der Waals surface area contributed by atoms with Gasteiger partial charge >= 0.3 is 5.97 Å². The molecule has 17 heavy (non-hydrogen) atoms. The molecule has 96 valence electrons. The van der Waals surface area contributed by atoms with E-state index in [1.807, 2.05) is 19.1 Å². The third-order valence-corrected chi connectivity index (χ3v) is 2.66. The molecular formula is C12H19NO4. The number of hydrogen-bond donors (Lipinski definition) is 3. The highest BCUT2D eigenvalue weighted by Crippen LogP contribution is 2.07. The van der Waals surface area contributed by atoms with Crippen LogP contribution in [0, 0.1) is 0 Å². The largest absolute Gasteiger partial charge is 0.479 e. The number of hydrogen-bond acceptors (Lipinski definition) is 4. The first kappa shape index (κ1) is 13.7. The van der Waals surface area contributed by atoms with Crippen LogP contribution in [0.2, 0.25) is 0 Å². The van der Waals surface area contributed by atoms with Crippen LogP contribution >= 0.6 is 0 Å². The van der Waals surface area contributed by atoms with Gasteiger partial charge in [0.2, 0.25) is 0 Å². The molecule has 0 spiro atoms. The van der Waals surface area contributed by atoms with E-state index in [1.165, 1.54) is 6.92 Å². The lowest BCUT2D eigenvalue weighted by molar-refractivity contribution is -0.156. The van der Waals surface area contributed by atoms with E-state index in [0.29, 0.717) is 0 Å². The third kappa shape index (κ3) is 4.58. The van der Waals surface area contributed by atoms with Gasteiger partial charge in [-0.05, 0) is 32.4 Å². The minimum absolute atomic E-state index is 0.0294. The van der Waals surface area contributed by atoms with Gasteiger partial charge in [-0.1, -0.05) is 0 Å². The highest BCUT2D eigenvalue weighted by Gasteiger charge is 2.29. The molecular weight excluding hydrogens is 222 g/mol. The Labute approximate surface area is 100 Å². The lowest BCUT2D eigenvalue weighted by atomic mass is 10.1. The van der Waals surface area contributed by atoms with Crippen LogP contribution in [0.4, 0.5) is 0 Å². The summed E-state index contributed by atoms with van der Waals surface area (Å²) in [5.74, 6) is -0.313. The van der Waals surface area contributed by atoms with Crippen LogP contribution in [-0.4, -0.2) is 34.4 Å². The summed E-state index contributed by atoms with van der Waals surface area (Å²) >= 11 is 0. The van der Waals surface area contributed by atoms with E-state index in [9.17, 15) is 9.90 Å². The van der Waals surface area contributed by atoms with E-state index in [2.05, 4.69) is 5.32 Å². The summed E-state index contributed by atoms with van der Waals surface area (Å²) < 4.78 is 5.20. The molecule has 0 aliphatic carbocycles. The maximum absolute atomic E-state index is 10.7. The molecule has 0 saturated heterocycles. The predicted octanol–water partition coefficient (Wildman–Crippen LogP) is 1.03. The van der Waals surface area contributed by atoms with Crippen molar-refractivity contribution in [1.82, 2.24) is 5.32 Å². The molecule has 1 rings (SSSR count). The first-order valence-corrected chi connectivity index (χ1v) is 5.63. The second-order valence-corrected chi connectivity index (χ2v) is 4.48. The summed E-state index contributed by atoms with van der Waals surface area (Å²) in [4.78, 5) is 10.7. The first-order valence-electron chi connectivity index (χ1n) is 5.63. The number of aliphatic hydroxyl groups is 1. The van der Waals surface area contributed by atoms with E-state index in [-0.39, 0.29) is 12.6 Å². The SMILES string of the molecule is CC(CCc1ccco1)NCC(C)(O)C(=O)O. The van der Waals surface area contributed by atoms with Gasteiger partial charge in [-0.2, -0.15) is 0 Å². The quantitative estimate of drug-likeness (QED) is 0.664. The molecule has 5 heteroatoms. The monoisotopic (exact) mass is 241 g/mol. The zero-order valence-corrected chi connectivity index (χ0v) is 10.1. The Balaban J connectivity index is 2.26. The second kappa shape index (κ2) is 5.84. The van der Waals surface area contributed by atoms with E-state index >= 15 is 0 Å². The van der Waals surface area contributed by atoms with Crippen molar-refractivity contribution in [2.45, 2.75) is 38.3 Å². The van der Waals surface area contributed by atoms with E-state index in [4.69, 9.17) is 9.52 Å². The highest BCUT2D eigenvalue weighted by molar-refractivity contribution is 5.76. The van der Waals surface area contributed by atoms with Crippen LogP contribution in [0.3, 0.4) is 0 Å². The Bertz CT molecular complexity index is 345.